The molecule has 0 aliphatic carbocycles. The van der Waals surface area contributed by atoms with Gasteiger partial charge in [0.2, 0.25) is 5.91 Å². The number of carbonyl (C=O) groups excluding carboxylic acids is 2. The van der Waals surface area contributed by atoms with E-state index < -0.39 is 5.60 Å². The molecule has 1 aliphatic heterocycles. The van der Waals surface area contributed by atoms with E-state index in [-0.39, 0.29) is 17.9 Å². The smallest absolute Gasteiger partial charge is 0.410 e. The van der Waals surface area contributed by atoms with Crippen LogP contribution in [0.1, 0.15) is 39.2 Å². The summed E-state index contributed by atoms with van der Waals surface area (Å²) in [6, 6.07) is 5.57. The lowest BCUT2D eigenvalue weighted by Crippen LogP contribution is -2.44. The fraction of sp³-hybridized carbons (Fsp3) is 0.600. The number of likely N-dealkylation sites (tertiary alicyclic amines) is 1. The third-order valence-corrected chi connectivity index (χ3v) is 4.43. The van der Waals surface area contributed by atoms with Gasteiger partial charge in [0.1, 0.15) is 5.60 Å². The normalized spacial score (nSPS) is 15.2. The van der Waals surface area contributed by atoms with E-state index >= 15 is 0 Å². The molecule has 2 rings (SSSR count). The quantitative estimate of drug-likeness (QED) is 0.852. The molecule has 1 N–H and O–H groups in total. The second-order valence-corrected chi connectivity index (χ2v) is 7.65. The van der Waals surface area contributed by atoms with Crippen LogP contribution in [0.4, 0.5) is 4.79 Å². The van der Waals surface area contributed by atoms with E-state index in [1.54, 1.807) is 19.1 Å². The van der Waals surface area contributed by atoms with Crippen LogP contribution in [0, 0.1) is 5.92 Å². The van der Waals surface area contributed by atoms with Gasteiger partial charge in [0.25, 0.3) is 0 Å². The first kappa shape index (κ1) is 20.9. The van der Waals surface area contributed by atoms with E-state index in [0.29, 0.717) is 44.0 Å². The molecule has 7 nitrogen and oxygen atoms in total. The number of hydrogen-bond acceptors (Lipinski definition) is 5. The molecule has 27 heavy (non-hydrogen) atoms. The Morgan fingerprint density at radius 3 is 2.30 bits per heavy atom. The number of carbonyl (C=O) groups is 2. The summed E-state index contributed by atoms with van der Waals surface area (Å²) in [6.07, 6.45) is 0.959. The molecule has 0 saturated carbocycles. The SMILES string of the molecule is COc1ccc(CNC(=O)C2CCN(C(=O)OC(C)(C)C)CC2)cc1OC. The van der Waals surface area contributed by atoms with Gasteiger partial charge < -0.3 is 24.4 Å². The van der Waals surface area contributed by atoms with Crippen molar-refractivity contribution in [2.24, 2.45) is 5.92 Å². The molecule has 1 saturated heterocycles. The highest BCUT2D eigenvalue weighted by Crippen LogP contribution is 2.27. The number of benzene rings is 1. The molecule has 2 amide bonds. The lowest BCUT2D eigenvalue weighted by molar-refractivity contribution is -0.126. The second kappa shape index (κ2) is 8.97. The van der Waals surface area contributed by atoms with Crippen LogP contribution >= 0.6 is 0 Å². The second-order valence-electron chi connectivity index (χ2n) is 7.65. The lowest BCUT2D eigenvalue weighted by Gasteiger charge is -2.32. The van der Waals surface area contributed by atoms with Crippen molar-refractivity contribution in [1.82, 2.24) is 10.2 Å². The third kappa shape index (κ3) is 6.05. The van der Waals surface area contributed by atoms with Crippen molar-refractivity contribution in [3.63, 3.8) is 0 Å². The molecule has 7 heteroatoms. The third-order valence-electron chi connectivity index (χ3n) is 4.43. The molecule has 150 valence electrons. The van der Waals surface area contributed by atoms with Crippen LogP contribution in [0.25, 0.3) is 0 Å². The van der Waals surface area contributed by atoms with E-state index in [0.717, 1.165) is 5.56 Å². The first-order valence-corrected chi connectivity index (χ1v) is 9.20. The highest BCUT2D eigenvalue weighted by atomic mass is 16.6. The first-order chi connectivity index (χ1) is 12.7. The number of amides is 2. The molecule has 1 aromatic rings. The van der Waals surface area contributed by atoms with Crippen LogP contribution in [0.15, 0.2) is 18.2 Å². The zero-order valence-corrected chi connectivity index (χ0v) is 16.8. The topological polar surface area (TPSA) is 77.1 Å². The van der Waals surface area contributed by atoms with Gasteiger partial charge in [-0.2, -0.15) is 0 Å². The molecule has 0 radical (unpaired) electrons. The van der Waals surface area contributed by atoms with Crippen molar-refractivity contribution in [2.45, 2.75) is 45.8 Å². The van der Waals surface area contributed by atoms with Crippen molar-refractivity contribution in [1.29, 1.82) is 0 Å². The van der Waals surface area contributed by atoms with Gasteiger partial charge in [-0.15, -0.1) is 0 Å². The van der Waals surface area contributed by atoms with Crippen LogP contribution < -0.4 is 14.8 Å². The van der Waals surface area contributed by atoms with Gasteiger partial charge in [0.15, 0.2) is 11.5 Å². The van der Waals surface area contributed by atoms with Gasteiger partial charge in [-0.05, 0) is 51.3 Å². The van der Waals surface area contributed by atoms with E-state index in [1.807, 2.05) is 39.0 Å². The zero-order valence-electron chi connectivity index (χ0n) is 16.8. The van der Waals surface area contributed by atoms with Crippen LogP contribution in [0.3, 0.4) is 0 Å². The number of rotatable bonds is 5. The summed E-state index contributed by atoms with van der Waals surface area (Å²) >= 11 is 0. The van der Waals surface area contributed by atoms with Gasteiger partial charge in [0.05, 0.1) is 14.2 Å². The number of ether oxygens (including phenoxy) is 3. The van der Waals surface area contributed by atoms with Gasteiger partial charge >= 0.3 is 6.09 Å². The van der Waals surface area contributed by atoms with Gasteiger partial charge in [0, 0.05) is 25.6 Å². The first-order valence-electron chi connectivity index (χ1n) is 9.20. The summed E-state index contributed by atoms with van der Waals surface area (Å²) in [6.45, 7) is 7.02. The maximum atomic E-state index is 12.5. The highest BCUT2D eigenvalue weighted by molar-refractivity contribution is 5.79. The Morgan fingerprint density at radius 1 is 1.11 bits per heavy atom. The molecule has 0 unspecified atom stereocenters. The average Bonchev–Trinajstić information content (AvgIpc) is 2.64. The monoisotopic (exact) mass is 378 g/mol. The summed E-state index contributed by atoms with van der Waals surface area (Å²) in [4.78, 5) is 26.2. The van der Waals surface area contributed by atoms with Crippen LogP contribution in [0.5, 0.6) is 11.5 Å². The number of nitrogens with one attached hydrogen (secondary N) is 1. The van der Waals surface area contributed by atoms with Crippen molar-refractivity contribution in [3.8, 4) is 11.5 Å². The zero-order chi connectivity index (χ0) is 20.0. The molecular formula is C20H30N2O5. The predicted molar refractivity (Wildman–Crippen MR) is 102 cm³/mol. The fourth-order valence-electron chi connectivity index (χ4n) is 2.97. The summed E-state index contributed by atoms with van der Waals surface area (Å²) in [5.74, 6) is 1.20. The lowest BCUT2D eigenvalue weighted by atomic mass is 9.96. The maximum absolute atomic E-state index is 12.5. The standard InChI is InChI=1S/C20H30N2O5/c1-20(2,3)27-19(24)22-10-8-15(9-11-22)18(23)21-13-14-6-7-16(25-4)17(12-14)26-5/h6-7,12,15H,8-11,13H2,1-5H3,(H,21,23). The minimum absolute atomic E-state index is 0.00798. The van der Waals surface area contributed by atoms with Gasteiger partial charge in [-0.1, -0.05) is 6.07 Å². The maximum Gasteiger partial charge on any atom is 0.410 e. The Balaban J connectivity index is 1.82. The van der Waals surface area contributed by atoms with E-state index in [9.17, 15) is 9.59 Å². The number of methoxy groups -OCH3 is 2. The molecule has 1 fully saturated rings. The van der Waals surface area contributed by atoms with E-state index in [4.69, 9.17) is 14.2 Å². The Bertz CT molecular complexity index is 661. The Hall–Kier alpha value is -2.44. The van der Waals surface area contributed by atoms with Crippen molar-refractivity contribution in [3.05, 3.63) is 23.8 Å². The Kier molecular flexibility index (Phi) is 6.93. The molecular weight excluding hydrogens is 348 g/mol. The minimum Gasteiger partial charge on any atom is -0.493 e. The molecule has 0 atom stereocenters. The summed E-state index contributed by atoms with van der Waals surface area (Å²) in [5.41, 5.74) is 0.428. The summed E-state index contributed by atoms with van der Waals surface area (Å²) in [5, 5.41) is 2.97. The minimum atomic E-state index is -0.509. The predicted octanol–water partition coefficient (Wildman–Crippen LogP) is 2.97. The van der Waals surface area contributed by atoms with Crippen LogP contribution in [-0.4, -0.2) is 49.8 Å². The number of nitrogens with zero attached hydrogens (tertiary/aromatic N) is 1. The fourth-order valence-corrected chi connectivity index (χ4v) is 2.97. The molecule has 1 aromatic carbocycles. The van der Waals surface area contributed by atoms with Gasteiger partial charge in [-0.25, -0.2) is 4.79 Å². The molecule has 0 bridgehead atoms. The number of hydrogen-bond donors (Lipinski definition) is 1. The summed E-state index contributed by atoms with van der Waals surface area (Å²) < 4.78 is 15.9. The van der Waals surface area contributed by atoms with Crippen LogP contribution in [0.2, 0.25) is 0 Å². The highest BCUT2D eigenvalue weighted by Gasteiger charge is 2.29. The van der Waals surface area contributed by atoms with E-state index in [2.05, 4.69) is 5.32 Å². The molecule has 0 aromatic heterocycles. The van der Waals surface area contributed by atoms with Crippen LogP contribution in [-0.2, 0) is 16.1 Å². The number of piperidine rings is 1. The summed E-state index contributed by atoms with van der Waals surface area (Å²) in [7, 11) is 3.17. The van der Waals surface area contributed by atoms with Crippen molar-refractivity contribution in [2.75, 3.05) is 27.3 Å². The molecule has 0 spiro atoms. The Morgan fingerprint density at radius 2 is 1.74 bits per heavy atom. The average molecular weight is 378 g/mol. The van der Waals surface area contributed by atoms with Crippen molar-refractivity contribution >= 4 is 12.0 Å². The van der Waals surface area contributed by atoms with Gasteiger partial charge in [-0.3, -0.25) is 4.79 Å². The molecule has 1 heterocycles. The molecule has 1 aliphatic rings. The van der Waals surface area contributed by atoms with E-state index in [1.165, 1.54) is 0 Å². The largest absolute Gasteiger partial charge is 0.493 e. The Labute approximate surface area is 161 Å². The van der Waals surface area contributed by atoms with Crippen molar-refractivity contribution < 1.29 is 23.8 Å².